The molecule has 0 aliphatic carbocycles. The molecule has 1 fully saturated rings. The van der Waals surface area contributed by atoms with Gasteiger partial charge in [0.15, 0.2) is 0 Å². The van der Waals surface area contributed by atoms with E-state index in [0.717, 1.165) is 19.4 Å². The molecule has 0 bridgehead atoms. The average molecular weight is 306 g/mol. The topological polar surface area (TPSA) is 78.9 Å². The summed E-state index contributed by atoms with van der Waals surface area (Å²) in [6, 6.07) is 7.20. The van der Waals surface area contributed by atoms with Crippen LogP contribution in [0, 0.1) is 5.92 Å². The Morgan fingerprint density at radius 1 is 1.45 bits per heavy atom. The number of carboxylic acid groups (broad SMARTS) is 1. The van der Waals surface area contributed by atoms with Gasteiger partial charge in [0, 0.05) is 31.3 Å². The maximum absolute atomic E-state index is 12.0. The standard InChI is InChI=1S/C16H22N2O4/c1-22-14-6-2-5-13(10-14)17-15(19)7-9-18-8-3-4-12(11-18)16(20)21/h2,5-6,10,12H,3-4,7-9,11H2,1H3,(H,17,19)(H,20,21). The molecule has 1 aromatic carbocycles. The maximum Gasteiger partial charge on any atom is 0.307 e. The van der Waals surface area contributed by atoms with Gasteiger partial charge in [-0.3, -0.25) is 9.59 Å². The van der Waals surface area contributed by atoms with Crippen LogP contribution in [0.25, 0.3) is 0 Å². The van der Waals surface area contributed by atoms with Crippen LogP contribution in [0.4, 0.5) is 5.69 Å². The van der Waals surface area contributed by atoms with Gasteiger partial charge in [0.25, 0.3) is 0 Å². The van der Waals surface area contributed by atoms with E-state index >= 15 is 0 Å². The van der Waals surface area contributed by atoms with Crippen LogP contribution in [0.3, 0.4) is 0 Å². The third-order valence-corrected chi connectivity index (χ3v) is 3.86. The zero-order valence-electron chi connectivity index (χ0n) is 12.7. The second-order valence-electron chi connectivity index (χ2n) is 5.51. The largest absolute Gasteiger partial charge is 0.497 e. The van der Waals surface area contributed by atoms with Crippen molar-refractivity contribution < 1.29 is 19.4 Å². The number of nitrogens with zero attached hydrogens (tertiary/aromatic N) is 1. The number of anilines is 1. The van der Waals surface area contributed by atoms with Gasteiger partial charge in [-0.15, -0.1) is 0 Å². The average Bonchev–Trinajstić information content (AvgIpc) is 2.53. The zero-order chi connectivity index (χ0) is 15.9. The highest BCUT2D eigenvalue weighted by atomic mass is 16.5. The lowest BCUT2D eigenvalue weighted by atomic mass is 9.98. The predicted molar refractivity (Wildman–Crippen MR) is 83.0 cm³/mol. The lowest BCUT2D eigenvalue weighted by molar-refractivity contribution is -0.143. The Labute approximate surface area is 130 Å². The summed E-state index contributed by atoms with van der Waals surface area (Å²) in [5, 5.41) is 11.9. The molecule has 6 nitrogen and oxygen atoms in total. The van der Waals surface area contributed by atoms with Crippen molar-refractivity contribution in [2.24, 2.45) is 5.92 Å². The van der Waals surface area contributed by atoms with Crippen molar-refractivity contribution in [3.63, 3.8) is 0 Å². The molecule has 1 aliphatic rings. The van der Waals surface area contributed by atoms with Gasteiger partial charge >= 0.3 is 5.97 Å². The summed E-state index contributed by atoms with van der Waals surface area (Å²) in [7, 11) is 1.58. The lowest BCUT2D eigenvalue weighted by Crippen LogP contribution is -2.40. The molecule has 2 N–H and O–H groups in total. The fraction of sp³-hybridized carbons (Fsp3) is 0.500. The van der Waals surface area contributed by atoms with E-state index in [9.17, 15) is 9.59 Å². The molecule has 120 valence electrons. The van der Waals surface area contributed by atoms with E-state index in [2.05, 4.69) is 5.32 Å². The number of aliphatic carboxylic acids is 1. The zero-order valence-corrected chi connectivity index (χ0v) is 12.7. The summed E-state index contributed by atoms with van der Waals surface area (Å²) < 4.78 is 5.11. The van der Waals surface area contributed by atoms with E-state index in [1.165, 1.54) is 0 Å². The fourth-order valence-electron chi connectivity index (χ4n) is 2.64. The number of nitrogens with one attached hydrogen (secondary N) is 1. The van der Waals surface area contributed by atoms with Gasteiger partial charge in [-0.2, -0.15) is 0 Å². The van der Waals surface area contributed by atoms with Gasteiger partial charge in [0.1, 0.15) is 5.75 Å². The highest BCUT2D eigenvalue weighted by molar-refractivity contribution is 5.91. The number of hydrogen-bond acceptors (Lipinski definition) is 4. The molecule has 0 spiro atoms. The van der Waals surface area contributed by atoms with Crippen LogP contribution in [0.5, 0.6) is 5.75 Å². The summed E-state index contributed by atoms with van der Waals surface area (Å²) in [6.45, 7) is 1.97. The summed E-state index contributed by atoms with van der Waals surface area (Å²) in [6.07, 6.45) is 1.94. The Hall–Kier alpha value is -2.08. The highest BCUT2D eigenvalue weighted by Gasteiger charge is 2.25. The fourth-order valence-corrected chi connectivity index (χ4v) is 2.64. The predicted octanol–water partition coefficient (Wildman–Crippen LogP) is 1.82. The molecule has 1 aliphatic heterocycles. The molecule has 0 saturated carbocycles. The maximum atomic E-state index is 12.0. The molecule has 6 heteroatoms. The van der Waals surface area contributed by atoms with Crippen LogP contribution in [0.15, 0.2) is 24.3 Å². The molecule has 1 unspecified atom stereocenters. The second kappa shape index (κ2) is 7.79. The lowest BCUT2D eigenvalue weighted by Gasteiger charge is -2.30. The van der Waals surface area contributed by atoms with Crippen molar-refractivity contribution in [2.75, 3.05) is 32.1 Å². The number of hydrogen-bond donors (Lipinski definition) is 2. The molecule has 2 rings (SSSR count). The van der Waals surface area contributed by atoms with Gasteiger partial charge < -0.3 is 20.1 Å². The van der Waals surface area contributed by atoms with E-state index in [-0.39, 0.29) is 11.8 Å². The molecule has 1 aromatic rings. The van der Waals surface area contributed by atoms with E-state index < -0.39 is 5.97 Å². The van der Waals surface area contributed by atoms with Crippen molar-refractivity contribution in [3.05, 3.63) is 24.3 Å². The first kappa shape index (κ1) is 16.3. The SMILES string of the molecule is COc1cccc(NC(=O)CCN2CCCC(C(=O)O)C2)c1. The number of benzene rings is 1. The van der Waals surface area contributed by atoms with Crippen LogP contribution < -0.4 is 10.1 Å². The highest BCUT2D eigenvalue weighted by Crippen LogP contribution is 2.18. The number of ether oxygens (including phenoxy) is 1. The van der Waals surface area contributed by atoms with Crippen LogP contribution in [0.1, 0.15) is 19.3 Å². The first-order chi connectivity index (χ1) is 10.6. The number of carboxylic acids is 1. The van der Waals surface area contributed by atoms with Gasteiger partial charge in [-0.25, -0.2) is 0 Å². The summed E-state index contributed by atoms with van der Waals surface area (Å²) in [5.74, 6) is -0.440. The number of rotatable bonds is 6. The van der Waals surface area contributed by atoms with E-state index in [0.29, 0.717) is 30.9 Å². The molecule has 22 heavy (non-hydrogen) atoms. The number of methoxy groups -OCH3 is 1. The van der Waals surface area contributed by atoms with Gasteiger partial charge in [0.05, 0.1) is 13.0 Å². The minimum atomic E-state index is -0.745. The number of amides is 1. The van der Waals surface area contributed by atoms with Crippen LogP contribution in [-0.2, 0) is 9.59 Å². The quantitative estimate of drug-likeness (QED) is 0.838. The Balaban J connectivity index is 1.78. The van der Waals surface area contributed by atoms with E-state index in [1.54, 1.807) is 13.2 Å². The molecule has 1 atom stereocenters. The Kier molecular flexibility index (Phi) is 5.77. The Morgan fingerprint density at radius 3 is 3.00 bits per heavy atom. The van der Waals surface area contributed by atoms with Crippen LogP contribution in [0.2, 0.25) is 0 Å². The van der Waals surface area contributed by atoms with Gasteiger partial charge in [-0.05, 0) is 31.5 Å². The third kappa shape index (κ3) is 4.73. The minimum absolute atomic E-state index is 0.0781. The molecule has 0 radical (unpaired) electrons. The van der Waals surface area contributed by atoms with E-state index in [4.69, 9.17) is 9.84 Å². The molecule has 0 aromatic heterocycles. The number of carbonyl (C=O) groups excluding carboxylic acids is 1. The van der Waals surface area contributed by atoms with Crippen LogP contribution in [-0.4, -0.2) is 48.6 Å². The number of piperidine rings is 1. The molecule has 1 saturated heterocycles. The summed E-state index contributed by atoms with van der Waals surface area (Å²) in [5.41, 5.74) is 0.700. The van der Waals surface area contributed by atoms with Crippen molar-refractivity contribution in [2.45, 2.75) is 19.3 Å². The molecular formula is C16H22N2O4. The normalized spacial score (nSPS) is 18.7. The molecule has 1 amide bonds. The summed E-state index contributed by atoms with van der Waals surface area (Å²) >= 11 is 0. The third-order valence-electron chi connectivity index (χ3n) is 3.86. The van der Waals surface area contributed by atoms with Gasteiger partial charge in [0.2, 0.25) is 5.91 Å². The first-order valence-electron chi connectivity index (χ1n) is 7.47. The molecule has 1 heterocycles. The monoisotopic (exact) mass is 306 g/mol. The first-order valence-corrected chi connectivity index (χ1v) is 7.47. The van der Waals surface area contributed by atoms with Crippen LogP contribution >= 0.6 is 0 Å². The van der Waals surface area contributed by atoms with Gasteiger partial charge in [-0.1, -0.05) is 6.07 Å². The minimum Gasteiger partial charge on any atom is -0.497 e. The second-order valence-corrected chi connectivity index (χ2v) is 5.51. The Bertz CT molecular complexity index is 533. The number of likely N-dealkylation sites (tertiary alicyclic amines) is 1. The van der Waals surface area contributed by atoms with E-state index in [1.807, 2.05) is 23.1 Å². The molecular weight excluding hydrogens is 284 g/mol. The number of carbonyl (C=O) groups is 2. The Morgan fingerprint density at radius 2 is 2.27 bits per heavy atom. The smallest absolute Gasteiger partial charge is 0.307 e. The van der Waals surface area contributed by atoms with Crippen molar-refractivity contribution in [1.82, 2.24) is 4.90 Å². The van der Waals surface area contributed by atoms with Crippen molar-refractivity contribution in [3.8, 4) is 5.75 Å². The van der Waals surface area contributed by atoms with Crippen molar-refractivity contribution >= 4 is 17.6 Å². The summed E-state index contributed by atoms with van der Waals surface area (Å²) in [4.78, 5) is 25.0. The van der Waals surface area contributed by atoms with Crippen molar-refractivity contribution in [1.29, 1.82) is 0 Å².